The van der Waals surface area contributed by atoms with Crippen LogP contribution in [0.5, 0.6) is 0 Å². The van der Waals surface area contributed by atoms with E-state index in [0.717, 1.165) is 23.4 Å². The van der Waals surface area contributed by atoms with Gasteiger partial charge in [-0.05, 0) is 36.6 Å². The number of carbonyl (C=O) groups is 5. The molecule has 5 N–H and O–H groups in total. The summed E-state index contributed by atoms with van der Waals surface area (Å²) in [5.41, 5.74) is 6.33. The minimum Gasteiger partial charge on any atom is -0.391 e. The lowest BCUT2D eigenvalue weighted by molar-refractivity contribution is -0.164. The Bertz CT molecular complexity index is 1690. The van der Waals surface area contributed by atoms with Gasteiger partial charge in [-0.3, -0.25) is 28.9 Å². The average molecular weight is 626 g/mol. The van der Waals surface area contributed by atoms with Gasteiger partial charge in [-0.2, -0.15) is 0 Å². The van der Waals surface area contributed by atoms with Crippen LogP contribution in [0.2, 0.25) is 0 Å². The first-order valence-electron chi connectivity index (χ1n) is 14.9. The Hall–Kier alpha value is -5.13. The number of aromatic amines is 1. The molecule has 0 saturated carbocycles. The van der Waals surface area contributed by atoms with Crippen molar-refractivity contribution < 1.29 is 29.1 Å². The van der Waals surface area contributed by atoms with Gasteiger partial charge in [0, 0.05) is 43.5 Å². The first-order valence-corrected chi connectivity index (χ1v) is 14.9. The van der Waals surface area contributed by atoms with Gasteiger partial charge in [-0.1, -0.05) is 78.9 Å². The van der Waals surface area contributed by atoms with E-state index in [1.54, 1.807) is 36.5 Å². The second kappa shape index (κ2) is 14.8. The van der Waals surface area contributed by atoms with E-state index in [4.69, 9.17) is 5.73 Å². The number of ketones is 1. The number of para-hydroxylation sites is 1. The molecular weight excluding hydrogens is 586 g/mol. The van der Waals surface area contributed by atoms with Crippen molar-refractivity contribution in [3.63, 3.8) is 0 Å². The topological polar surface area (TPSA) is 166 Å². The van der Waals surface area contributed by atoms with Crippen LogP contribution in [0.25, 0.3) is 10.9 Å². The summed E-state index contributed by atoms with van der Waals surface area (Å²) in [6.07, 6.45) is 0.196. The van der Waals surface area contributed by atoms with Crippen LogP contribution < -0.4 is 11.1 Å². The molecule has 240 valence electrons. The van der Waals surface area contributed by atoms with Crippen LogP contribution in [0.3, 0.4) is 0 Å². The Labute approximate surface area is 267 Å². The lowest BCUT2D eigenvalue weighted by atomic mass is 9.83. The molecule has 1 aromatic heterocycles. The number of nitrogens with two attached hydrogens (primary N) is 1. The van der Waals surface area contributed by atoms with E-state index >= 15 is 0 Å². The molecule has 0 saturated heterocycles. The monoisotopic (exact) mass is 625 g/mol. The minimum absolute atomic E-state index is 0.100. The van der Waals surface area contributed by atoms with E-state index in [9.17, 15) is 29.1 Å². The SMILES string of the molecule is CC(=O)[C@](Cc1ccccc1)(C(=O)N(C)Cc1ccccc1)N(C=O)C(=O)[C@@H](Cc1c[nH]c2ccccc12)NC(=O)[C@@H](N)[C@@H](C)O. The minimum atomic E-state index is -2.29. The fourth-order valence-corrected chi connectivity index (χ4v) is 5.55. The Balaban J connectivity index is 1.82. The fourth-order valence-electron chi connectivity index (χ4n) is 5.55. The molecule has 0 fully saturated rings. The third-order valence-electron chi connectivity index (χ3n) is 8.14. The van der Waals surface area contributed by atoms with Crippen LogP contribution >= 0.6 is 0 Å². The quantitative estimate of drug-likeness (QED) is 0.123. The zero-order valence-electron chi connectivity index (χ0n) is 26.1. The maximum absolute atomic E-state index is 14.5. The van der Waals surface area contributed by atoms with Crippen LogP contribution in [0.1, 0.15) is 30.5 Å². The number of nitrogens with one attached hydrogen (secondary N) is 2. The van der Waals surface area contributed by atoms with E-state index in [-0.39, 0.29) is 25.8 Å². The summed E-state index contributed by atoms with van der Waals surface area (Å²) in [6, 6.07) is 22.2. The number of fused-ring (bicyclic) bond motifs is 1. The highest BCUT2D eigenvalue weighted by atomic mass is 16.3. The number of H-pyrrole nitrogens is 1. The van der Waals surface area contributed by atoms with Gasteiger partial charge in [0.15, 0.2) is 11.3 Å². The van der Waals surface area contributed by atoms with E-state index < -0.39 is 47.2 Å². The summed E-state index contributed by atoms with van der Waals surface area (Å²) in [7, 11) is 1.50. The van der Waals surface area contributed by atoms with Gasteiger partial charge in [0.05, 0.1) is 6.10 Å². The highest BCUT2D eigenvalue weighted by Crippen LogP contribution is 2.28. The number of Topliss-reactive ketones (excluding diaryl/α,β-unsaturated/α-hetero) is 1. The maximum Gasteiger partial charge on any atom is 0.257 e. The number of carbonyl (C=O) groups excluding carboxylic acids is 5. The number of amides is 4. The summed E-state index contributed by atoms with van der Waals surface area (Å²) in [4.78, 5) is 73.9. The van der Waals surface area contributed by atoms with Crippen molar-refractivity contribution in [2.45, 2.75) is 57.0 Å². The standard InChI is InChI=1S/C35H39N5O6/c1-23(42)31(36)32(44)38-30(18-27-20-37-29-17-11-10-16-28(27)29)33(45)40(22-41)35(24(2)43,19-25-12-6-4-7-13-25)34(46)39(3)21-26-14-8-5-9-15-26/h4-17,20,22-23,30-31,37,42H,18-19,21,36H2,1-3H3,(H,38,44)/t23-,30-,31+,35-/m1/s1. The molecule has 4 amide bonds. The Morgan fingerprint density at radius 3 is 2.13 bits per heavy atom. The van der Waals surface area contributed by atoms with E-state index in [0.29, 0.717) is 16.0 Å². The zero-order valence-corrected chi connectivity index (χ0v) is 26.1. The summed E-state index contributed by atoms with van der Waals surface area (Å²) < 4.78 is 0. The number of aromatic nitrogens is 1. The molecule has 0 aliphatic heterocycles. The molecule has 4 atom stereocenters. The van der Waals surface area contributed by atoms with Gasteiger partial charge in [0.1, 0.15) is 12.1 Å². The molecule has 4 aromatic rings. The summed E-state index contributed by atoms with van der Waals surface area (Å²) in [5.74, 6) is -3.34. The van der Waals surface area contributed by atoms with E-state index in [1.807, 2.05) is 54.6 Å². The molecule has 0 radical (unpaired) electrons. The molecule has 1 heterocycles. The molecule has 4 rings (SSSR count). The van der Waals surface area contributed by atoms with E-state index in [2.05, 4.69) is 10.3 Å². The van der Waals surface area contributed by atoms with Crippen LogP contribution in [0.4, 0.5) is 0 Å². The molecule has 11 nitrogen and oxygen atoms in total. The molecular formula is C35H39N5O6. The average Bonchev–Trinajstić information content (AvgIpc) is 3.46. The second-order valence-electron chi connectivity index (χ2n) is 11.4. The van der Waals surface area contributed by atoms with Crippen molar-refractivity contribution in [1.29, 1.82) is 0 Å². The summed E-state index contributed by atoms with van der Waals surface area (Å²) in [5, 5.41) is 13.3. The number of likely N-dealkylation sites (N-methyl/N-ethyl adjacent to an activating group) is 1. The molecule has 3 aromatic carbocycles. The number of nitrogens with zero attached hydrogens (tertiary/aromatic N) is 2. The normalized spacial score (nSPS) is 14.4. The first-order chi connectivity index (χ1) is 22.0. The fraction of sp³-hybridized carbons (Fsp3) is 0.286. The number of hydrogen-bond donors (Lipinski definition) is 4. The van der Waals surface area contributed by atoms with Crippen LogP contribution in [0.15, 0.2) is 91.1 Å². The van der Waals surface area contributed by atoms with Crippen molar-refractivity contribution in [2.75, 3.05) is 7.05 Å². The van der Waals surface area contributed by atoms with Crippen molar-refractivity contribution in [3.05, 3.63) is 108 Å². The maximum atomic E-state index is 14.5. The van der Waals surface area contributed by atoms with Gasteiger partial charge < -0.3 is 26.0 Å². The molecule has 0 bridgehead atoms. The third-order valence-corrected chi connectivity index (χ3v) is 8.14. The number of aliphatic hydroxyl groups excluding tert-OH is 1. The Kier molecular flexibility index (Phi) is 10.8. The molecule has 0 aliphatic rings. The highest BCUT2D eigenvalue weighted by Gasteiger charge is 2.53. The largest absolute Gasteiger partial charge is 0.391 e. The summed E-state index contributed by atoms with van der Waals surface area (Å²) in [6.45, 7) is 2.60. The van der Waals surface area contributed by atoms with Crippen LogP contribution in [0, 0.1) is 0 Å². The van der Waals surface area contributed by atoms with Crippen molar-refractivity contribution in [1.82, 2.24) is 20.1 Å². The third kappa shape index (κ3) is 7.22. The van der Waals surface area contributed by atoms with Gasteiger partial charge in [0.2, 0.25) is 12.3 Å². The van der Waals surface area contributed by atoms with Gasteiger partial charge in [0.25, 0.3) is 11.8 Å². The lowest BCUT2D eigenvalue weighted by Gasteiger charge is -2.41. The van der Waals surface area contributed by atoms with Gasteiger partial charge >= 0.3 is 0 Å². The molecule has 11 heteroatoms. The van der Waals surface area contributed by atoms with Crippen molar-refractivity contribution in [2.24, 2.45) is 5.73 Å². The van der Waals surface area contributed by atoms with Crippen molar-refractivity contribution in [3.8, 4) is 0 Å². The number of hydrogen-bond acceptors (Lipinski definition) is 7. The Morgan fingerprint density at radius 1 is 0.957 bits per heavy atom. The van der Waals surface area contributed by atoms with Gasteiger partial charge in [-0.15, -0.1) is 0 Å². The summed E-state index contributed by atoms with van der Waals surface area (Å²) >= 11 is 0. The predicted molar refractivity (Wildman–Crippen MR) is 173 cm³/mol. The first kappa shape index (κ1) is 33.8. The van der Waals surface area contributed by atoms with E-state index in [1.165, 1.54) is 18.9 Å². The number of rotatable bonds is 14. The number of imide groups is 1. The Morgan fingerprint density at radius 2 is 1.54 bits per heavy atom. The van der Waals surface area contributed by atoms with Gasteiger partial charge in [-0.25, -0.2) is 0 Å². The van der Waals surface area contributed by atoms with Crippen molar-refractivity contribution >= 4 is 40.8 Å². The second-order valence-corrected chi connectivity index (χ2v) is 11.4. The zero-order chi connectivity index (χ0) is 33.4. The number of aliphatic hydroxyl groups is 1. The smallest absolute Gasteiger partial charge is 0.257 e. The number of benzene rings is 3. The molecule has 46 heavy (non-hydrogen) atoms. The molecule has 0 unspecified atom stereocenters. The van der Waals surface area contributed by atoms with Crippen LogP contribution in [-0.2, 0) is 43.4 Å². The molecule has 0 spiro atoms. The predicted octanol–water partition coefficient (Wildman–Crippen LogP) is 2.12. The van der Waals surface area contributed by atoms with Crippen LogP contribution in [-0.4, -0.2) is 80.6 Å². The highest BCUT2D eigenvalue weighted by molar-refractivity contribution is 6.15. The molecule has 0 aliphatic carbocycles. The lowest BCUT2D eigenvalue weighted by Crippen LogP contribution is -2.68.